The summed E-state index contributed by atoms with van der Waals surface area (Å²) in [6.45, 7) is 1.84. The maximum atomic E-state index is 14.1. The third kappa shape index (κ3) is 4.11. The van der Waals surface area contributed by atoms with Crippen LogP contribution >= 0.6 is 11.6 Å². The summed E-state index contributed by atoms with van der Waals surface area (Å²) in [4.78, 5) is 26.6. The molecule has 1 aromatic heterocycles. The number of benzene rings is 2. The molecule has 0 aliphatic heterocycles. The maximum absolute atomic E-state index is 14.1. The van der Waals surface area contributed by atoms with Crippen molar-refractivity contribution in [3.05, 3.63) is 70.1 Å². The molecule has 0 saturated carbocycles. The van der Waals surface area contributed by atoms with Gasteiger partial charge in [0, 0.05) is 34.7 Å². The second-order valence-electron chi connectivity index (χ2n) is 8.43. The van der Waals surface area contributed by atoms with E-state index in [-0.39, 0.29) is 24.2 Å². The minimum atomic E-state index is -0.896. The Kier molecular flexibility index (Phi) is 6.24. The second-order valence-corrected chi connectivity index (χ2v) is 8.86. The zero-order valence-electron chi connectivity index (χ0n) is 18.1. The zero-order chi connectivity index (χ0) is 23.0. The Morgan fingerprint density at radius 1 is 1.28 bits per heavy atom. The number of carboxylic acids is 1. The average molecular weight is 457 g/mol. The first-order valence-corrected chi connectivity index (χ1v) is 11.2. The van der Waals surface area contributed by atoms with Crippen LogP contribution in [0.4, 0.5) is 4.39 Å². The van der Waals surface area contributed by atoms with E-state index >= 15 is 0 Å². The van der Waals surface area contributed by atoms with E-state index in [1.54, 1.807) is 30.1 Å². The molecule has 1 amide bonds. The molecule has 0 spiro atoms. The lowest BCUT2D eigenvalue weighted by Gasteiger charge is -2.32. The molecule has 2 aromatic carbocycles. The standard InChI is InChI=1S/C25H26ClFN2O3/c1-3-21(25(31)32)29-22-9-7-17(27)13-19(22)20-14-18(8-10-23(20)29)28(2)24(30)12-15-5-4-6-16(26)11-15/h4-7,9,11,13,18,21H,3,8,10,12,14H2,1-2H3,(H,31,32). The van der Waals surface area contributed by atoms with Gasteiger partial charge in [-0.3, -0.25) is 4.79 Å². The highest BCUT2D eigenvalue weighted by atomic mass is 35.5. The van der Waals surface area contributed by atoms with Gasteiger partial charge < -0.3 is 14.6 Å². The molecule has 1 N–H and O–H groups in total. The predicted octanol–water partition coefficient (Wildman–Crippen LogP) is 5.03. The number of hydrogen-bond donors (Lipinski definition) is 1. The Hall–Kier alpha value is -2.86. The van der Waals surface area contributed by atoms with Gasteiger partial charge in [0.1, 0.15) is 11.9 Å². The summed E-state index contributed by atoms with van der Waals surface area (Å²) in [5.74, 6) is -1.26. The fourth-order valence-electron chi connectivity index (χ4n) is 4.85. The van der Waals surface area contributed by atoms with Crippen molar-refractivity contribution in [2.24, 2.45) is 0 Å². The number of carbonyl (C=O) groups is 2. The van der Waals surface area contributed by atoms with E-state index in [9.17, 15) is 19.1 Å². The monoisotopic (exact) mass is 456 g/mol. The molecule has 32 heavy (non-hydrogen) atoms. The molecule has 1 heterocycles. The van der Waals surface area contributed by atoms with Crippen molar-refractivity contribution >= 4 is 34.4 Å². The van der Waals surface area contributed by atoms with Gasteiger partial charge in [-0.25, -0.2) is 9.18 Å². The summed E-state index contributed by atoms with van der Waals surface area (Å²) in [5.41, 5.74) is 3.47. The SMILES string of the molecule is CCC(C(=O)O)n1c2c(c3cc(F)ccc31)CC(N(C)C(=O)Cc1cccc(Cl)c1)CC2. The Balaban J connectivity index is 1.65. The van der Waals surface area contributed by atoms with E-state index in [1.807, 2.05) is 23.6 Å². The molecule has 0 fully saturated rings. The Morgan fingerprint density at radius 2 is 2.06 bits per heavy atom. The van der Waals surface area contributed by atoms with Gasteiger partial charge in [0.25, 0.3) is 0 Å². The normalized spacial score (nSPS) is 16.6. The van der Waals surface area contributed by atoms with Gasteiger partial charge in [0.05, 0.1) is 6.42 Å². The molecule has 2 atom stereocenters. The Labute approximate surface area is 191 Å². The number of halogens is 2. The Morgan fingerprint density at radius 3 is 2.75 bits per heavy atom. The van der Waals surface area contributed by atoms with Crippen LogP contribution < -0.4 is 0 Å². The van der Waals surface area contributed by atoms with Crippen LogP contribution in [0, 0.1) is 5.82 Å². The summed E-state index contributed by atoms with van der Waals surface area (Å²) < 4.78 is 16.0. The van der Waals surface area contributed by atoms with Gasteiger partial charge >= 0.3 is 5.97 Å². The van der Waals surface area contributed by atoms with Crippen LogP contribution in [0.15, 0.2) is 42.5 Å². The molecule has 0 saturated heterocycles. The topological polar surface area (TPSA) is 62.5 Å². The molecule has 4 rings (SSSR count). The third-order valence-electron chi connectivity index (χ3n) is 6.51. The first-order chi connectivity index (χ1) is 15.3. The summed E-state index contributed by atoms with van der Waals surface area (Å²) in [7, 11) is 1.80. The van der Waals surface area contributed by atoms with Crippen LogP contribution in [0.25, 0.3) is 10.9 Å². The molecule has 2 unspecified atom stereocenters. The van der Waals surface area contributed by atoms with Crippen LogP contribution in [0.3, 0.4) is 0 Å². The molecule has 3 aromatic rings. The number of nitrogens with zero attached hydrogens (tertiary/aromatic N) is 2. The number of aliphatic carboxylic acids is 1. The van der Waals surface area contributed by atoms with E-state index in [1.165, 1.54) is 12.1 Å². The third-order valence-corrected chi connectivity index (χ3v) is 6.74. The molecule has 0 radical (unpaired) electrons. The molecule has 7 heteroatoms. The molecule has 0 bridgehead atoms. The van der Waals surface area contributed by atoms with Crippen LogP contribution in [0.5, 0.6) is 0 Å². The predicted molar refractivity (Wildman–Crippen MR) is 123 cm³/mol. The lowest BCUT2D eigenvalue weighted by molar-refractivity contribution is -0.141. The van der Waals surface area contributed by atoms with Gasteiger partial charge in [-0.1, -0.05) is 30.7 Å². The van der Waals surface area contributed by atoms with Crippen LogP contribution in [-0.2, 0) is 28.9 Å². The number of rotatable bonds is 6. The van der Waals surface area contributed by atoms with E-state index < -0.39 is 12.0 Å². The van der Waals surface area contributed by atoms with Crippen molar-refractivity contribution in [3.63, 3.8) is 0 Å². The highest BCUT2D eigenvalue weighted by molar-refractivity contribution is 6.30. The van der Waals surface area contributed by atoms with Crippen molar-refractivity contribution in [1.29, 1.82) is 0 Å². The van der Waals surface area contributed by atoms with Crippen LogP contribution in [-0.4, -0.2) is 39.5 Å². The van der Waals surface area contributed by atoms with Crippen molar-refractivity contribution in [1.82, 2.24) is 9.47 Å². The van der Waals surface area contributed by atoms with E-state index in [0.29, 0.717) is 24.3 Å². The molecule has 168 valence electrons. The van der Waals surface area contributed by atoms with Crippen LogP contribution in [0.1, 0.15) is 42.6 Å². The second kappa shape index (κ2) is 8.94. The lowest BCUT2D eigenvalue weighted by atomic mass is 9.90. The summed E-state index contributed by atoms with van der Waals surface area (Å²) in [6.07, 6.45) is 2.61. The lowest BCUT2D eigenvalue weighted by Crippen LogP contribution is -2.41. The quantitative estimate of drug-likeness (QED) is 0.566. The van der Waals surface area contributed by atoms with Crippen molar-refractivity contribution in [2.45, 2.75) is 51.1 Å². The first-order valence-electron chi connectivity index (χ1n) is 10.8. The number of fused-ring (bicyclic) bond motifs is 3. The molecule has 1 aliphatic carbocycles. The number of carbonyl (C=O) groups excluding carboxylic acids is 1. The minimum Gasteiger partial charge on any atom is -0.480 e. The van der Waals surface area contributed by atoms with Gasteiger partial charge in [0.15, 0.2) is 0 Å². The van der Waals surface area contributed by atoms with Gasteiger partial charge in [-0.05, 0) is 67.1 Å². The zero-order valence-corrected chi connectivity index (χ0v) is 18.9. The van der Waals surface area contributed by atoms with Gasteiger partial charge in [0.2, 0.25) is 5.91 Å². The molecular weight excluding hydrogens is 431 g/mol. The van der Waals surface area contributed by atoms with Crippen molar-refractivity contribution in [3.8, 4) is 0 Å². The maximum Gasteiger partial charge on any atom is 0.326 e. The van der Waals surface area contributed by atoms with Gasteiger partial charge in [-0.15, -0.1) is 0 Å². The fourth-order valence-corrected chi connectivity index (χ4v) is 5.06. The Bertz CT molecular complexity index is 1190. The first kappa shape index (κ1) is 22.3. The molecule has 5 nitrogen and oxygen atoms in total. The number of likely N-dealkylation sites (N-methyl/N-ethyl adjacent to an activating group) is 1. The summed E-state index contributed by atoms with van der Waals surface area (Å²) in [5, 5.41) is 11.1. The number of hydrogen-bond acceptors (Lipinski definition) is 2. The number of aromatic nitrogens is 1. The average Bonchev–Trinajstić information content (AvgIpc) is 3.06. The van der Waals surface area contributed by atoms with Crippen molar-refractivity contribution < 1.29 is 19.1 Å². The van der Waals surface area contributed by atoms with Crippen molar-refractivity contribution in [2.75, 3.05) is 7.05 Å². The molecule has 1 aliphatic rings. The number of amides is 1. The largest absolute Gasteiger partial charge is 0.480 e. The minimum absolute atomic E-state index is 0.00685. The van der Waals surface area contributed by atoms with E-state index in [4.69, 9.17) is 11.6 Å². The highest BCUT2D eigenvalue weighted by Gasteiger charge is 2.32. The van der Waals surface area contributed by atoms with Crippen LogP contribution in [0.2, 0.25) is 5.02 Å². The van der Waals surface area contributed by atoms with E-state index in [2.05, 4.69) is 0 Å². The van der Waals surface area contributed by atoms with Gasteiger partial charge in [-0.2, -0.15) is 0 Å². The summed E-state index contributed by atoms with van der Waals surface area (Å²) in [6, 6.07) is 11.0. The smallest absolute Gasteiger partial charge is 0.326 e. The summed E-state index contributed by atoms with van der Waals surface area (Å²) >= 11 is 6.04. The molecular formula is C25H26ClFN2O3. The fraction of sp³-hybridized carbons (Fsp3) is 0.360. The highest BCUT2D eigenvalue weighted by Crippen LogP contribution is 2.37. The number of carboxylic acid groups (broad SMARTS) is 1. The van der Waals surface area contributed by atoms with E-state index in [0.717, 1.165) is 34.1 Å².